The minimum absolute atomic E-state index is 0.0370. The zero-order chi connectivity index (χ0) is 11.4. The molecule has 0 aliphatic carbocycles. The first-order valence-electron chi connectivity index (χ1n) is 5.47. The third kappa shape index (κ3) is 2.66. The number of carbonyl (C=O) groups is 1. The van der Waals surface area contributed by atoms with Crippen molar-refractivity contribution in [1.29, 1.82) is 0 Å². The van der Waals surface area contributed by atoms with Gasteiger partial charge in [0.05, 0.1) is 13.0 Å². The lowest BCUT2D eigenvalue weighted by molar-refractivity contribution is -0.137. The number of rotatable bonds is 4. The highest BCUT2D eigenvalue weighted by atomic mass is 16.5. The zero-order valence-electron chi connectivity index (χ0n) is 9.03. The van der Waals surface area contributed by atoms with E-state index in [1.807, 2.05) is 18.2 Å². The molecule has 0 unspecified atom stereocenters. The van der Waals surface area contributed by atoms with Crippen molar-refractivity contribution >= 4 is 11.7 Å². The van der Waals surface area contributed by atoms with Crippen LogP contribution in [0.3, 0.4) is 0 Å². The number of aryl methyl sites for hydroxylation is 1. The summed E-state index contributed by atoms with van der Waals surface area (Å²) < 4.78 is 5.37. The lowest BCUT2D eigenvalue weighted by Gasteiger charge is -2.18. The number of nitrogens with one attached hydrogen (secondary N) is 1. The van der Waals surface area contributed by atoms with Gasteiger partial charge in [0.1, 0.15) is 5.75 Å². The fraction of sp³-hybridized carbons (Fsp3) is 0.417. The Morgan fingerprint density at radius 3 is 3.19 bits per heavy atom. The fourth-order valence-corrected chi connectivity index (χ4v) is 1.80. The molecule has 0 spiro atoms. The Balaban J connectivity index is 1.97. The molecule has 1 aromatic rings. The third-order valence-corrected chi connectivity index (χ3v) is 2.60. The standard InChI is InChI=1S/C12H15NO3/c14-12(15)5-7-16-10-3-4-11-9(8-10)2-1-6-13-11/h3-4,8,13H,1-2,5-7H2,(H,14,15). The third-order valence-electron chi connectivity index (χ3n) is 2.60. The number of carboxylic acid groups (broad SMARTS) is 1. The number of fused-ring (bicyclic) bond motifs is 1. The first kappa shape index (κ1) is 10.8. The highest BCUT2D eigenvalue weighted by Gasteiger charge is 2.09. The van der Waals surface area contributed by atoms with Crippen molar-refractivity contribution in [3.63, 3.8) is 0 Å². The molecule has 0 bridgehead atoms. The van der Waals surface area contributed by atoms with E-state index in [0.29, 0.717) is 0 Å². The molecular formula is C12H15NO3. The maximum atomic E-state index is 10.3. The molecule has 0 amide bonds. The number of anilines is 1. The van der Waals surface area contributed by atoms with E-state index in [1.165, 1.54) is 5.56 Å². The second-order valence-electron chi connectivity index (χ2n) is 3.84. The van der Waals surface area contributed by atoms with Gasteiger partial charge in [-0.15, -0.1) is 0 Å². The summed E-state index contributed by atoms with van der Waals surface area (Å²) in [6.45, 7) is 1.24. The molecule has 4 nitrogen and oxygen atoms in total. The van der Waals surface area contributed by atoms with Gasteiger partial charge in [-0.2, -0.15) is 0 Å². The summed E-state index contributed by atoms with van der Waals surface area (Å²) in [5, 5.41) is 11.8. The highest BCUT2D eigenvalue weighted by Crippen LogP contribution is 2.26. The first-order chi connectivity index (χ1) is 7.75. The molecule has 4 heteroatoms. The molecule has 86 valence electrons. The molecule has 1 aromatic carbocycles. The molecule has 2 rings (SSSR count). The van der Waals surface area contributed by atoms with Crippen molar-refractivity contribution in [2.45, 2.75) is 19.3 Å². The van der Waals surface area contributed by atoms with Crippen LogP contribution in [-0.2, 0) is 11.2 Å². The Bertz CT molecular complexity index is 390. The number of hydrogen-bond acceptors (Lipinski definition) is 3. The predicted molar refractivity (Wildman–Crippen MR) is 61.0 cm³/mol. The van der Waals surface area contributed by atoms with Gasteiger partial charge in [-0.25, -0.2) is 0 Å². The molecule has 0 saturated carbocycles. The molecule has 1 aliphatic heterocycles. The van der Waals surface area contributed by atoms with Crippen molar-refractivity contribution in [3.05, 3.63) is 23.8 Å². The molecule has 0 aromatic heterocycles. The van der Waals surface area contributed by atoms with Gasteiger partial charge < -0.3 is 15.2 Å². The molecule has 2 N–H and O–H groups in total. The minimum Gasteiger partial charge on any atom is -0.493 e. The SMILES string of the molecule is O=C(O)CCOc1ccc2c(c1)CCCN2. The van der Waals surface area contributed by atoms with E-state index in [2.05, 4.69) is 5.32 Å². The maximum Gasteiger partial charge on any atom is 0.306 e. The van der Waals surface area contributed by atoms with Crippen LogP contribution >= 0.6 is 0 Å². The zero-order valence-corrected chi connectivity index (χ0v) is 9.03. The molecule has 1 aliphatic rings. The Hall–Kier alpha value is -1.71. The summed E-state index contributed by atoms with van der Waals surface area (Å²) >= 11 is 0. The first-order valence-corrected chi connectivity index (χ1v) is 5.47. The van der Waals surface area contributed by atoms with E-state index in [9.17, 15) is 4.79 Å². The van der Waals surface area contributed by atoms with Crippen molar-refractivity contribution in [2.24, 2.45) is 0 Å². The molecule has 0 saturated heterocycles. The Morgan fingerprint density at radius 1 is 1.50 bits per heavy atom. The quantitative estimate of drug-likeness (QED) is 0.815. The van der Waals surface area contributed by atoms with Gasteiger partial charge in [-0.05, 0) is 36.6 Å². The van der Waals surface area contributed by atoms with Crippen molar-refractivity contribution in [2.75, 3.05) is 18.5 Å². The van der Waals surface area contributed by atoms with Crippen LogP contribution in [0, 0.1) is 0 Å². The number of hydrogen-bond donors (Lipinski definition) is 2. The Morgan fingerprint density at radius 2 is 2.38 bits per heavy atom. The van der Waals surface area contributed by atoms with Crippen molar-refractivity contribution in [1.82, 2.24) is 0 Å². The second kappa shape index (κ2) is 4.88. The van der Waals surface area contributed by atoms with Crippen LogP contribution in [0.5, 0.6) is 5.75 Å². The number of ether oxygens (including phenoxy) is 1. The van der Waals surface area contributed by atoms with Crippen LogP contribution in [0.2, 0.25) is 0 Å². The van der Waals surface area contributed by atoms with E-state index in [1.54, 1.807) is 0 Å². The van der Waals surface area contributed by atoms with Crippen LogP contribution < -0.4 is 10.1 Å². The summed E-state index contributed by atoms with van der Waals surface area (Å²) in [5.74, 6) is -0.0803. The van der Waals surface area contributed by atoms with Gasteiger partial charge in [0, 0.05) is 12.2 Å². The van der Waals surface area contributed by atoms with E-state index in [0.717, 1.165) is 30.8 Å². The summed E-state index contributed by atoms with van der Waals surface area (Å²) in [5.41, 5.74) is 2.41. The number of benzene rings is 1. The van der Waals surface area contributed by atoms with Gasteiger partial charge in [0.25, 0.3) is 0 Å². The average Bonchev–Trinajstić information content (AvgIpc) is 2.28. The fourth-order valence-electron chi connectivity index (χ4n) is 1.80. The Kier molecular flexibility index (Phi) is 3.29. The summed E-state index contributed by atoms with van der Waals surface area (Å²) in [7, 11) is 0. The summed E-state index contributed by atoms with van der Waals surface area (Å²) in [6.07, 6.45) is 2.22. The van der Waals surface area contributed by atoms with Gasteiger partial charge in [0.2, 0.25) is 0 Å². The molecule has 0 radical (unpaired) electrons. The average molecular weight is 221 g/mol. The van der Waals surface area contributed by atoms with Gasteiger partial charge in [-0.3, -0.25) is 4.79 Å². The number of aliphatic carboxylic acids is 1. The largest absolute Gasteiger partial charge is 0.493 e. The molecule has 1 heterocycles. The highest BCUT2D eigenvalue weighted by molar-refractivity contribution is 5.66. The van der Waals surface area contributed by atoms with Crippen LogP contribution in [0.25, 0.3) is 0 Å². The van der Waals surface area contributed by atoms with Crippen LogP contribution in [0.15, 0.2) is 18.2 Å². The maximum absolute atomic E-state index is 10.3. The monoisotopic (exact) mass is 221 g/mol. The summed E-state index contributed by atoms with van der Waals surface area (Å²) in [6, 6.07) is 5.85. The van der Waals surface area contributed by atoms with Crippen LogP contribution in [0.1, 0.15) is 18.4 Å². The van der Waals surface area contributed by atoms with E-state index < -0.39 is 5.97 Å². The van der Waals surface area contributed by atoms with Crippen molar-refractivity contribution in [3.8, 4) is 5.75 Å². The topological polar surface area (TPSA) is 58.6 Å². The van der Waals surface area contributed by atoms with E-state index in [-0.39, 0.29) is 13.0 Å². The normalized spacial score (nSPS) is 13.8. The number of carboxylic acids is 1. The van der Waals surface area contributed by atoms with E-state index >= 15 is 0 Å². The smallest absolute Gasteiger partial charge is 0.306 e. The molecule has 0 atom stereocenters. The van der Waals surface area contributed by atoms with Crippen LogP contribution in [-0.4, -0.2) is 24.2 Å². The van der Waals surface area contributed by atoms with Crippen molar-refractivity contribution < 1.29 is 14.6 Å². The van der Waals surface area contributed by atoms with Gasteiger partial charge >= 0.3 is 5.97 Å². The van der Waals surface area contributed by atoms with Gasteiger partial charge in [-0.1, -0.05) is 0 Å². The predicted octanol–water partition coefficient (Wildman–Crippen LogP) is 1.90. The summed E-state index contributed by atoms with van der Waals surface area (Å²) in [4.78, 5) is 10.3. The lowest BCUT2D eigenvalue weighted by Crippen LogP contribution is -2.12. The lowest BCUT2D eigenvalue weighted by atomic mass is 10.0. The van der Waals surface area contributed by atoms with Crippen LogP contribution in [0.4, 0.5) is 5.69 Å². The molecule has 0 fully saturated rings. The minimum atomic E-state index is -0.834. The Labute approximate surface area is 94.2 Å². The van der Waals surface area contributed by atoms with Gasteiger partial charge in [0.15, 0.2) is 0 Å². The molecule has 16 heavy (non-hydrogen) atoms. The van der Waals surface area contributed by atoms with E-state index in [4.69, 9.17) is 9.84 Å². The second-order valence-corrected chi connectivity index (χ2v) is 3.84. The molecular weight excluding hydrogens is 206 g/mol.